The van der Waals surface area contributed by atoms with Gasteiger partial charge in [0, 0.05) is 6.07 Å². The first-order valence-electron chi connectivity index (χ1n) is 7.34. The maximum Gasteiger partial charge on any atom is 0.321 e. The van der Waals surface area contributed by atoms with Crippen molar-refractivity contribution in [3.8, 4) is 0 Å². The second kappa shape index (κ2) is 8.64. The normalized spacial score (nSPS) is 11.1. The number of benzene rings is 2. The Morgan fingerprint density at radius 3 is 2.37 bits per heavy atom. The summed E-state index contributed by atoms with van der Waals surface area (Å²) in [5.41, 5.74) is -0.322. The Balaban J connectivity index is 1.84. The Morgan fingerprint density at radius 1 is 1.00 bits per heavy atom. The van der Waals surface area contributed by atoms with Crippen LogP contribution >= 0.6 is 0 Å². The summed E-state index contributed by atoms with van der Waals surface area (Å²) in [5.74, 6) is -4.90. The van der Waals surface area contributed by atoms with Crippen molar-refractivity contribution >= 4 is 27.6 Å². The largest absolute Gasteiger partial charge is 0.455 e. The molecule has 27 heavy (non-hydrogen) atoms. The van der Waals surface area contributed by atoms with E-state index < -0.39 is 57.4 Å². The molecule has 2 aromatic rings. The van der Waals surface area contributed by atoms with Gasteiger partial charge >= 0.3 is 5.97 Å². The second-order valence-electron chi connectivity index (χ2n) is 5.09. The van der Waals surface area contributed by atoms with Crippen molar-refractivity contribution in [2.24, 2.45) is 0 Å². The lowest BCUT2D eigenvalue weighted by atomic mass is 10.3. The predicted octanol–water partition coefficient (Wildman–Crippen LogP) is 1.56. The van der Waals surface area contributed by atoms with Gasteiger partial charge in [-0.15, -0.1) is 0 Å². The van der Waals surface area contributed by atoms with Crippen molar-refractivity contribution in [1.82, 2.24) is 4.72 Å². The third-order valence-corrected chi connectivity index (χ3v) is 4.54. The van der Waals surface area contributed by atoms with Crippen molar-refractivity contribution in [3.05, 3.63) is 59.9 Å². The summed E-state index contributed by atoms with van der Waals surface area (Å²) in [6.07, 6.45) is 0. The maximum atomic E-state index is 13.5. The quantitative estimate of drug-likeness (QED) is 0.685. The lowest BCUT2D eigenvalue weighted by Gasteiger charge is -2.09. The van der Waals surface area contributed by atoms with Gasteiger partial charge in [0.25, 0.3) is 5.91 Å². The van der Waals surface area contributed by atoms with E-state index in [1.807, 2.05) is 4.72 Å². The summed E-state index contributed by atoms with van der Waals surface area (Å²) in [4.78, 5) is 22.5. The number of carbonyl (C=O) groups is 2. The van der Waals surface area contributed by atoms with E-state index >= 15 is 0 Å². The summed E-state index contributed by atoms with van der Waals surface area (Å²) >= 11 is 0. The van der Waals surface area contributed by atoms with Crippen molar-refractivity contribution < 1.29 is 35.9 Å². The number of anilines is 1. The third-order valence-electron chi connectivity index (χ3n) is 3.10. The average molecular weight is 402 g/mol. The molecule has 11 heteroatoms. The van der Waals surface area contributed by atoms with E-state index in [4.69, 9.17) is 0 Å². The number of ether oxygens (including phenoxy) is 1. The fraction of sp³-hybridized carbons (Fsp3) is 0.125. The van der Waals surface area contributed by atoms with Crippen LogP contribution in [0.1, 0.15) is 0 Å². The number of amides is 1. The summed E-state index contributed by atoms with van der Waals surface area (Å²) < 4.78 is 69.8. The molecular weight excluding hydrogens is 389 g/mol. The summed E-state index contributed by atoms with van der Waals surface area (Å²) in [6, 6.07) is 6.99. The summed E-state index contributed by atoms with van der Waals surface area (Å²) in [6.45, 7) is -1.69. The molecule has 0 radical (unpaired) electrons. The molecule has 0 heterocycles. The standard InChI is InChI=1S/C16H13F3N2O5S/c17-10-5-6-13(12(19)7-10)21-15(22)9-26-16(23)8-20-27(24,25)14-4-2-1-3-11(14)18/h1-7,20H,8-9H2,(H,21,22). The highest BCUT2D eigenvalue weighted by Crippen LogP contribution is 2.15. The molecule has 2 N–H and O–H groups in total. The van der Waals surface area contributed by atoms with Gasteiger partial charge in [-0.2, -0.15) is 4.72 Å². The van der Waals surface area contributed by atoms with Gasteiger partial charge in [-0.05, 0) is 24.3 Å². The number of esters is 1. The van der Waals surface area contributed by atoms with Crippen molar-refractivity contribution in [1.29, 1.82) is 0 Å². The first-order chi connectivity index (χ1) is 12.7. The molecule has 0 bridgehead atoms. The molecule has 7 nitrogen and oxygen atoms in total. The molecule has 0 saturated heterocycles. The number of carbonyl (C=O) groups excluding carboxylic acids is 2. The van der Waals surface area contributed by atoms with Gasteiger partial charge < -0.3 is 10.1 Å². The first kappa shape index (κ1) is 20.4. The molecule has 0 spiro atoms. The molecule has 2 aromatic carbocycles. The van der Waals surface area contributed by atoms with E-state index in [2.05, 4.69) is 10.1 Å². The van der Waals surface area contributed by atoms with E-state index in [-0.39, 0.29) is 5.69 Å². The van der Waals surface area contributed by atoms with Crippen LogP contribution in [0.4, 0.5) is 18.9 Å². The topological polar surface area (TPSA) is 102 Å². The van der Waals surface area contributed by atoms with E-state index in [0.29, 0.717) is 6.07 Å². The van der Waals surface area contributed by atoms with Crippen LogP contribution in [0, 0.1) is 17.5 Å². The van der Waals surface area contributed by atoms with Crippen LogP contribution in [0.2, 0.25) is 0 Å². The minimum atomic E-state index is -4.29. The van der Waals surface area contributed by atoms with Crippen LogP contribution in [0.15, 0.2) is 47.4 Å². The number of hydrogen-bond acceptors (Lipinski definition) is 5. The second-order valence-corrected chi connectivity index (χ2v) is 6.82. The van der Waals surface area contributed by atoms with Gasteiger partial charge in [0.05, 0.1) is 5.69 Å². The average Bonchev–Trinajstić information content (AvgIpc) is 2.61. The highest BCUT2D eigenvalue weighted by Gasteiger charge is 2.20. The lowest BCUT2D eigenvalue weighted by Crippen LogP contribution is -2.32. The number of hydrogen-bond donors (Lipinski definition) is 2. The van der Waals surface area contributed by atoms with Crippen LogP contribution in [0.5, 0.6) is 0 Å². The fourth-order valence-electron chi connectivity index (χ4n) is 1.87. The predicted molar refractivity (Wildman–Crippen MR) is 87.5 cm³/mol. The van der Waals surface area contributed by atoms with Gasteiger partial charge in [0.15, 0.2) is 6.61 Å². The molecule has 0 unspecified atom stereocenters. The summed E-state index contributed by atoms with van der Waals surface area (Å²) in [7, 11) is -4.29. The molecule has 0 atom stereocenters. The van der Waals surface area contributed by atoms with Crippen molar-refractivity contribution in [2.75, 3.05) is 18.5 Å². The van der Waals surface area contributed by atoms with E-state index in [1.54, 1.807) is 0 Å². The zero-order valence-corrected chi connectivity index (χ0v) is 14.4. The zero-order valence-electron chi connectivity index (χ0n) is 13.5. The minimum absolute atomic E-state index is 0.322. The number of halogens is 3. The van der Waals surface area contributed by atoms with Gasteiger partial charge in [0.1, 0.15) is 28.9 Å². The molecule has 144 valence electrons. The molecule has 2 rings (SSSR count). The highest BCUT2D eigenvalue weighted by molar-refractivity contribution is 7.89. The van der Waals surface area contributed by atoms with Crippen LogP contribution in [-0.4, -0.2) is 33.4 Å². The Hall–Kier alpha value is -2.92. The van der Waals surface area contributed by atoms with E-state index in [1.165, 1.54) is 12.1 Å². The van der Waals surface area contributed by atoms with E-state index in [0.717, 1.165) is 24.3 Å². The molecule has 0 saturated carbocycles. The van der Waals surface area contributed by atoms with Crippen molar-refractivity contribution in [2.45, 2.75) is 4.90 Å². The smallest absolute Gasteiger partial charge is 0.321 e. The van der Waals surface area contributed by atoms with Crippen molar-refractivity contribution in [3.63, 3.8) is 0 Å². The third kappa shape index (κ3) is 5.79. The molecule has 0 aliphatic heterocycles. The Morgan fingerprint density at radius 2 is 1.70 bits per heavy atom. The Labute approximate surface area is 152 Å². The fourth-order valence-corrected chi connectivity index (χ4v) is 2.91. The molecule has 0 aliphatic carbocycles. The zero-order chi connectivity index (χ0) is 20.0. The van der Waals surface area contributed by atoms with Gasteiger partial charge in [-0.3, -0.25) is 9.59 Å². The highest BCUT2D eigenvalue weighted by atomic mass is 32.2. The number of nitrogens with one attached hydrogen (secondary N) is 2. The van der Waals surface area contributed by atoms with Crippen LogP contribution in [0.3, 0.4) is 0 Å². The van der Waals surface area contributed by atoms with Crippen LogP contribution < -0.4 is 10.0 Å². The van der Waals surface area contributed by atoms with Crippen LogP contribution in [0.25, 0.3) is 0 Å². The van der Waals surface area contributed by atoms with Gasteiger partial charge in [-0.1, -0.05) is 12.1 Å². The summed E-state index contributed by atoms with van der Waals surface area (Å²) in [5, 5.41) is 2.05. The number of rotatable bonds is 7. The molecular formula is C16H13F3N2O5S. The number of sulfonamides is 1. The lowest BCUT2D eigenvalue weighted by molar-refractivity contribution is -0.146. The molecule has 0 aliphatic rings. The van der Waals surface area contributed by atoms with Gasteiger partial charge in [-0.25, -0.2) is 21.6 Å². The van der Waals surface area contributed by atoms with Gasteiger partial charge in [0.2, 0.25) is 10.0 Å². The van der Waals surface area contributed by atoms with E-state index in [9.17, 15) is 31.2 Å². The monoisotopic (exact) mass is 402 g/mol. The minimum Gasteiger partial charge on any atom is -0.455 e. The Kier molecular flexibility index (Phi) is 6.53. The first-order valence-corrected chi connectivity index (χ1v) is 8.82. The maximum absolute atomic E-state index is 13.5. The van der Waals surface area contributed by atoms with Crippen LogP contribution in [-0.2, 0) is 24.3 Å². The Bertz CT molecular complexity index is 966. The molecule has 0 fully saturated rings. The SMILES string of the molecule is O=C(COC(=O)CNS(=O)(=O)c1ccccc1F)Nc1ccc(F)cc1F. The molecule has 1 amide bonds. The molecule has 0 aromatic heterocycles.